The first kappa shape index (κ1) is 47.8. The second-order valence-electron chi connectivity index (χ2n) is 13.6. The zero-order valence-electron chi connectivity index (χ0n) is 30.9. The van der Waals surface area contributed by atoms with Crippen molar-refractivity contribution in [3.05, 3.63) is 35.6 Å². The summed E-state index contributed by atoms with van der Waals surface area (Å²) in [7, 11) is 1.57. The average molecular weight is 834 g/mol. The van der Waals surface area contributed by atoms with Gasteiger partial charge in [0.2, 0.25) is 0 Å². The zero-order valence-corrected chi connectivity index (χ0v) is 34.4. The number of carbonyl (C=O) groups is 1. The van der Waals surface area contributed by atoms with Gasteiger partial charge in [0.05, 0.1) is 11.8 Å². The summed E-state index contributed by atoms with van der Waals surface area (Å²) < 4.78 is 20.4. The van der Waals surface area contributed by atoms with E-state index in [1.807, 2.05) is 12.1 Å². The van der Waals surface area contributed by atoms with Gasteiger partial charge in [0.25, 0.3) is 0 Å². The Morgan fingerprint density at radius 3 is 2.25 bits per heavy atom. The third-order valence-electron chi connectivity index (χ3n) is 10.1. The summed E-state index contributed by atoms with van der Waals surface area (Å²) in [5.74, 6) is 0.443. The molecule has 51 heavy (non-hydrogen) atoms. The molecule has 1 aromatic rings. The number of unbranched alkanes of at least 4 members (excludes halogenated alkanes) is 8. The van der Waals surface area contributed by atoms with Crippen molar-refractivity contribution in [1.82, 2.24) is 9.80 Å². The van der Waals surface area contributed by atoms with Gasteiger partial charge in [-0.3, -0.25) is 9.69 Å². The molecule has 1 aromatic carbocycles. The summed E-state index contributed by atoms with van der Waals surface area (Å²) in [6, 6.07) is 6.92. The first-order valence-corrected chi connectivity index (χ1v) is 19.9. The number of esters is 1. The molecular formula is C38H60FN4O5S2Tc. The largest absolute Gasteiger partial charge is 5.00 e. The van der Waals surface area contributed by atoms with Crippen molar-refractivity contribution in [2.24, 2.45) is 16.1 Å². The van der Waals surface area contributed by atoms with E-state index in [2.05, 4.69) is 33.8 Å². The number of ether oxygens (including phenoxy) is 1. The Morgan fingerprint density at radius 1 is 0.980 bits per heavy atom. The second kappa shape index (κ2) is 27.4. The van der Waals surface area contributed by atoms with E-state index in [9.17, 15) is 14.3 Å². The molecule has 288 valence electrons. The molecule has 2 bridgehead atoms. The number of carbonyl (C=O) groups excluding carboxylic acids is 1. The summed E-state index contributed by atoms with van der Waals surface area (Å²) in [6.07, 6.45) is 14.0. The Labute approximate surface area is 331 Å². The molecule has 0 saturated carbocycles. The van der Waals surface area contributed by atoms with Crippen molar-refractivity contribution in [2.75, 3.05) is 51.3 Å². The molecule has 2 heterocycles. The van der Waals surface area contributed by atoms with Gasteiger partial charge in [0.15, 0.2) is 0 Å². The van der Waals surface area contributed by atoms with Crippen LogP contribution in [0.15, 0.2) is 34.4 Å². The van der Waals surface area contributed by atoms with Crippen molar-refractivity contribution in [2.45, 2.75) is 128 Å². The van der Waals surface area contributed by atoms with Crippen LogP contribution in [0.2, 0.25) is 0 Å². The van der Waals surface area contributed by atoms with Crippen molar-refractivity contribution in [3.63, 3.8) is 0 Å². The molecule has 2 saturated heterocycles. The zero-order chi connectivity index (χ0) is 35.4. The first-order valence-electron chi connectivity index (χ1n) is 18.8. The molecule has 0 amide bonds. The third kappa shape index (κ3) is 16.0. The van der Waals surface area contributed by atoms with Crippen LogP contribution in [0.1, 0.15) is 115 Å². The molecule has 0 aliphatic carbocycles. The van der Waals surface area contributed by atoms with Crippen molar-refractivity contribution in [1.29, 1.82) is 0 Å². The standard InChI is InChI=1S/C38H63FN4O4S2.O.Tc/c1-4-6-7-8-9-10-11-12-13-15-36(45)47-34-27-31-26-32(29-16-18-30(39)19-17-29)37(33(5-2)41-46-3)38(34)43(31)22-14-21-42(23-25-49)28-35(44)40-20-24-48;;/h16-19,31-32,34,37-38,48-49H,4-15,20-28H2,1-3H3,(H,40,44);;/q;-2;+5/p-3/b41-33+;;/t31?,32-,34?,37+,38?;;/m0../s1/i;;1+0. The first-order chi connectivity index (χ1) is 23.9. The maximum absolute atomic E-state index is 14.0. The van der Waals surface area contributed by atoms with E-state index in [0.29, 0.717) is 44.0 Å². The number of hydrogen-bond acceptors (Lipinski definition) is 10. The van der Waals surface area contributed by atoms with Crippen LogP contribution in [-0.2, 0) is 65.2 Å². The van der Waals surface area contributed by atoms with E-state index in [1.54, 1.807) is 7.11 Å². The van der Waals surface area contributed by atoms with Crippen molar-refractivity contribution < 1.29 is 49.4 Å². The topological polar surface area (TPSA) is 118 Å². The quantitative estimate of drug-likeness (QED) is 0.0293. The maximum atomic E-state index is 14.0. The Balaban J connectivity index is 0.00000650. The minimum Gasteiger partial charge on any atom is -2.00 e. The SMILES string of the molecule is CCCCCCCCCCCC(=O)OC1CC2C[C@@H](c3ccc(F)cc3)[C@H](/C(CC)=N/OC)C1N2CCCN(CC[S-])CC([O-])=NCC[S-].[98Tc+5].[O-2]. The predicted molar refractivity (Wildman–Crippen MR) is 201 cm³/mol. The molecular weight excluding hydrogens is 773 g/mol. The normalized spacial score (nSPS) is 22.1. The summed E-state index contributed by atoms with van der Waals surface area (Å²) in [5, 5.41) is 16.9. The minimum atomic E-state index is -0.275. The minimum absolute atomic E-state index is 0. The molecule has 5 atom stereocenters. The van der Waals surface area contributed by atoms with Gasteiger partial charge in [-0.05, 0) is 68.3 Å². The van der Waals surface area contributed by atoms with E-state index in [-0.39, 0.29) is 79.8 Å². The van der Waals surface area contributed by atoms with Gasteiger partial charge in [-0.1, -0.05) is 82.5 Å². The van der Waals surface area contributed by atoms with Gasteiger partial charge in [-0.15, -0.1) is 0 Å². The average Bonchev–Trinajstić information content (AvgIpc) is 3.31. The Hall–Kier alpha value is -1.21. The molecule has 9 nitrogen and oxygen atoms in total. The molecule has 13 heteroatoms. The Bertz CT molecular complexity index is 1150. The fraction of sp³-hybridized carbons (Fsp3) is 0.763. The number of benzene rings is 1. The summed E-state index contributed by atoms with van der Waals surface area (Å²) in [4.78, 5) is 27.3. The number of nitrogens with zero attached hydrogens (tertiary/aromatic N) is 4. The van der Waals surface area contributed by atoms with Gasteiger partial charge in [-0.25, -0.2) is 4.39 Å². The number of hydrogen-bond donors (Lipinski definition) is 0. The summed E-state index contributed by atoms with van der Waals surface area (Å²) in [6.45, 7) is 7.07. The molecule has 2 aliphatic rings. The monoisotopic (exact) mass is 833 g/mol. The van der Waals surface area contributed by atoms with E-state index < -0.39 is 0 Å². The molecule has 0 aromatic heterocycles. The van der Waals surface area contributed by atoms with Crippen molar-refractivity contribution in [3.8, 4) is 0 Å². The van der Waals surface area contributed by atoms with Gasteiger partial charge < -0.3 is 55.3 Å². The van der Waals surface area contributed by atoms with Crippen LogP contribution in [0.25, 0.3) is 0 Å². The molecule has 3 rings (SSSR count). The van der Waals surface area contributed by atoms with Gasteiger partial charge in [0, 0.05) is 44.4 Å². The van der Waals surface area contributed by atoms with Gasteiger partial charge >= 0.3 is 26.1 Å². The number of fused-ring (bicyclic) bond motifs is 2. The molecule has 0 spiro atoms. The summed E-state index contributed by atoms with van der Waals surface area (Å²) >= 11 is 10.2. The van der Waals surface area contributed by atoms with Crippen LogP contribution < -0.4 is 5.11 Å². The fourth-order valence-electron chi connectivity index (χ4n) is 7.85. The van der Waals surface area contributed by atoms with Gasteiger partial charge in [0.1, 0.15) is 19.0 Å². The van der Waals surface area contributed by atoms with Crippen LogP contribution in [0, 0.1) is 11.7 Å². The summed E-state index contributed by atoms with van der Waals surface area (Å²) in [5.41, 5.74) is 1.99. The maximum Gasteiger partial charge on any atom is 5.00 e. The number of rotatable bonds is 25. The Morgan fingerprint density at radius 2 is 1.65 bits per heavy atom. The second-order valence-corrected chi connectivity index (χ2v) is 14.4. The molecule has 0 radical (unpaired) electrons. The molecule has 2 aliphatic heterocycles. The Kier molecular flexibility index (Phi) is 25.7. The number of aliphatic imine (C=N–C) groups is 1. The van der Waals surface area contributed by atoms with Crippen LogP contribution in [0.3, 0.4) is 0 Å². The molecule has 3 unspecified atom stereocenters. The third-order valence-corrected chi connectivity index (χ3v) is 10.5. The van der Waals surface area contributed by atoms with Crippen LogP contribution in [0.4, 0.5) is 4.39 Å². The van der Waals surface area contributed by atoms with Crippen molar-refractivity contribution >= 4 is 42.8 Å². The fourth-order valence-corrected chi connectivity index (χ4v) is 8.20. The van der Waals surface area contributed by atoms with Crippen LogP contribution >= 0.6 is 0 Å². The van der Waals surface area contributed by atoms with Crippen LogP contribution in [-0.4, -0.2) is 96.9 Å². The smallest absolute Gasteiger partial charge is 2.00 e. The molecule has 2 fully saturated rings. The number of halogens is 1. The van der Waals surface area contributed by atoms with E-state index in [1.165, 1.54) is 50.7 Å². The van der Waals surface area contributed by atoms with Gasteiger partial charge in [-0.2, -0.15) is 11.5 Å². The predicted octanol–water partition coefficient (Wildman–Crippen LogP) is 6.04. The van der Waals surface area contributed by atoms with E-state index >= 15 is 0 Å². The van der Waals surface area contributed by atoms with E-state index in [0.717, 1.165) is 56.3 Å². The molecule has 0 N–H and O–H groups in total. The van der Waals surface area contributed by atoms with Crippen LogP contribution in [0.5, 0.6) is 0 Å². The number of piperidine rings is 1. The number of oxime groups is 1. The van der Waals surface area contributed by atoms with E-state index in [4.69, 9.17) is 34.8 Å².